The lowest BCUT2D eigenvalue weighted by Crippen LogP contribution is -2.42. The first kappa shape index (κ1) is 17.0. The van der Waals surface area contributed by atoms with E-state index in [1.165, 1.54) is 0 Å². The van der Waals surface area contributed by atoms with Crippen molar-refractivity contribution in [3.8, 4) is 0 Å². The van der Waals surface area contributed by atoms with Gasteiger partial charge in [-0.2, -0.15) is 0 Å². The molecule has 1 amide bonds. The molecule has 0 spiro atoms. The minimum atomic E-state index is -1.10. The van der Waals surface area contributed by atoms with Crippen LogP contribution in [0.4, 0.5) is 4.79 Å². The van der Waals surface area contributed by atoms with Gasteiger partial charge in [0.05, 0.1) is 6.54 Å². The predicted octanol–water partition coefficient (Wildman–Crippen LogP) is 3.57. The maximum Gasteiger partial charge on any atom is 0.407 e. The lowest BCUT2D eigenvalue weighted by molar-refractivity contribution is 0.0188. The summed E-state index contributed by atoms with van der Waals surface area (Å²) in [6, 6.07) is 7.40. The van der Waals surface area contributed by atoms with Crippen LogP contribution in [0.1, 0.15) is 39.7 Å². The van der Waals surface area contributed by atoms with E-state index < -0.39 is 17.3 Å². The van der Waals surface area contributed by atoms with Crippen molar-refractivity contribution in [2.24, 2.45) is 0 Å². The monoisotopic (exact) mass is 343 g/mol. The van der Waals surface area contributed by atoms with Crippen molar-refractivity contribution < 1.29 is 14.6 Å². The van der Waals surface area contributed by atoms with Crippen LogP contribution in [0.15, 0.2) is 28.7 Å². The van der Waals surface area contributed by atoms with Gasteiger partial charge in [-0.1, -0.05) is 35.0 Å². The standard InChI is InChI=1S/C15H22BrNO3/c1-5-15(19,11-6-8-12(16)9-7-11)10-17-13(18)20-14(2,3)4/h6-9,19H,5,10H2,1-4H3,(H,17,18). The first-order valence-corrected chi connectivity index (χ1v) is 7.41. The molecule has 1 aromatic rings. The molecule has 1 aromatic carbocycles. The number of benzene rings is 1. The Morgan fingerprint density at radius 2 is 1.85 bits per heavy atom. The molecule has 1 rings (SSSR count). The molecule has 1 unspecified atom stereocenters. The summed E-state index contributed by atoms with van der Waals surface area (Å²) in [5.41, 5.74) is -0.886. The van der Waals surface area contributed by atoms with E-state index in [0.717, 1.165) is 10.0 Å². The van der Waals surface area contributed by atoms with Crippen LogP contribution < -0.4 is 5.32 Å². The summed E-state index contributed by atoms with van der Waals surface area (Å²) in [6.07, 6.45) is -0.0359. The van der Waals surface area contributed by atoms with Crippen LogP contribution in [0.25, 0.3) is 0 Å². The Morgan fingerprint density at radius 1 is 1.30 bits per heavy atom. The molecular weight excluding hydrogens is 322 g/mol. The molecule has 5 heteroatoms. The van der Waals surface area contributed by atoms with Gasteiger partial charge in [0.15, 0.2) is 0 Å². The fraction of sp³-hybridized carbons (Fsp3) is 0.533. The number of nitrogens with one attached hydrogen (secondary N) is 1. The highest BCUT2D eigenvalue weighted by atomic mass is 79.9. The third kappa shape index (κ3) is 5.13. The molecule has 0 saturated heterocycles. The van der Waals surface area contributed by atoms with Gasteiger partial charge >= 0.3 is 6.09 Å². The Morgan fingerprint density at radius 3 is 2.30 bits per heavy atom. The van der Waals surface area contributed by atoms with Crippen molar-refractivity contribution in [2.45, 2.75) is 45.3 Å². The fourth-order valence-electron chi connectivity index (χ4n) is 1.72. The van der Waals surface area contributed by atoms with Crippen molar-refractivity contribution >= 4 is 22.0 Å². The maximum atomic E-state index is 11.7. The molecule has 0 radical (unpaired) electrons. The number of aliphatic hydroxyl groups is 1. The topological polar surface area (TPSA) is 58.6 Å². The Bertz CT molecular complexity index is 453. The smallest absolute Gasteiger partial charge is 0.407 e. The fourth-order valence-corrected chi connectivity index (χ4v) is 1.99. The number of carbonyl (C=O) groups excluding carboxylic acids is 1. The van der Waals surface area contributed by atoms with Gasteiger partial charge in [-0.05, 0) is 44.9 Å². The lowest BCUT2D eigenvalue weighted by Gasteiger charge is -2.28. The van der Waals surface area contributed by atoms with Crippen LogP contribution in [-0.2, 0) is 10.3 Å². The van der Waals surface area contributed by atoms with Gasteiger partial charge < -0.3 is 15.2 Å². The molecule has 0 bridgehead atoms. The number of hydrogen-bond donors (Lipinski definition) is 2. The normalized spacial score (nSPS) is 14.5. The van der Waals surface area contributed by atoms with Crippen molar-refractivity contribution in [1.29, 1.82) is 0 Å². The van der Waals surface area contributed by atoms with Gasteiger partial charge in [-0.3, -0.25) is 0 Å². The Balaban J connectivity index is 2.71. The molecular formula is C15H22BrNO3. The Kier molecular flexibility index (Phi) is 5.59. The molecule has 0 aliphatic carbocycles. The third-order valence-electron chi connectivity index (χ3n) is 2.89. The third-order valence-corrected chi connectivity index (χ3v) is 3.42. The summed E-state index contributed by atoms with van der Waals surface area (Å²) in [5, 5.41) is 13.3. The summed E-state index contributed by atoms with van der Waals surface area (Å²) >= 11 is 3.36. The van der Waals surface area contributed by atoms with E-state index >= 15 is 0 Å². The van der Waals surface area contributed by atoms with Gasteiger partial charge in [0, 0.05) is 4.47 Å². The van der Waals surface area contributed by atoms with E-state index in [1.807, 2.05) is 31.2 Å². The Labute approximate surface area is 128 Å². The van der Waals surface area contributed by atoms with Crippen molar-refractivity contribution in [1.82, 2.24) is 5.32 Å². The molecule has 0 fully saturated rings. The van der Waals surface area contributed by atoms with Crippen LogP contribution in [0.2, 0.25) is 0 Å². The quantitative estimate of drug-likeness (QED) is 0.878. The average molecular weight is 344 g/mol. The number of carbonyl (C=O) groups is 1. The first-order valence-electron chi connectivity index (χ1n) is 6.61. The molecule has 2 N–H and O–H groups in total. The number of hydrogen-bond acceptors (Lipinski definition) is 3. The molecule has 20 heavy (non-hydrogen) atoms. The predicted molar refractivity (Wildman–Crippen MR) is 82.6 cm³/mol. The number of ether oxygens (including phenoxy) is 1. The second-order valence-electron chi connectivity index (χ2n) is 5.75. The van der Waals surface area contributed by atoms with E-state index in [9.17, 15) is 9.90 Å². The van der Waals surface area contributed by atoms with Crippen LogP contribution in [0.5, 0.6) is 0 Å². The highest BCUT2D eigenvalue weighted by Crippen LogP contribution is 2.25. The van der Waals surface area contributed by atoms with Gasteiger partial charge in [0.25, 0.3) is 0 Å². The summed E-state index contributed by atoms with van der Waals surface area (Å²) < 4.78 is 6.11. The molecule has 0 aliphatic rings. The van der Waals surface area contributed by atoms with Gasteiger partial charge in [-0.25, -0.2) is 4.79 Å². The highest BCUT2D eigenvalue weighted by Gasteiger charge is 2.28. The van der Waals surface area contributed by atoms with Crippen LogP contribution in [0, 0.1) is 0 Å². The highest BCUT2D eigenvalue weighted by molar-refractivity contribution is 9.10. The average Bonchev–Trinajstić information content (AvgIpc) is 2.35. The SMILES string of the molecule is CCC(O)(CNC(=O)OC(C)(C)C)c1ccc(Br)cc1. The summed E-state index contributed by atoms with van der Waals surface area (Å²) in [6.45, 7) is 7.38. The largest absolute Gasteiger partial charge is 0.444 e. The van der Waals surface area contributed by atoms with E-state index in [1.54, 1.807) is 20.8 Å². The second-order valence-corrected chi connectivity index (χ2v) is 6.66. The number of amides is 1. The minimum Gasteiger partial charge on any atom is -0.444 e. The van der Waals surface area contributed by atoms with Gasteiger partial charge in [0.2, 0.25) is 0 Å². The van der Waals surface area contributed by atoms with Crippen LogP contribution in [-0.4, -0.2) is 23.3 Å². The zero-order valence-electron chi connectivity index (χ0n) is 12.4. The molecule has 112 valence electrons. The van der Waals surface area contributed by atoms with Gasteiger partial charge in [0.1, 0.15) is 11.2 Å². The van der Waals surface area contributed by atoms with E-state index in [0.29, 0.717) is 6.42 Å². The zero-order chi connectivity index (χ0) is 15.4. The molecule has 1 atom stereocenters. The maximum absolute atomic E-state index is 11.7. The van der Waals surface area contributed by atoms with Crippen LogP contribution >= 0.6 is 15.9 Å². The first-order chi connectivity index (χ1) is 9.16. The minimum absolute atomic E-state index is 0.111. The molecule has 4 nitrogen and oxygen atoms in total. The molecule has 0 aromatic heterocycles. The summed E-state index contributed by atoms with van der Waals surface area (Å²) in [5.74, 6) is 0. The van der Waals surface area contributed by atoms with Crippen molar-refractivity contribution in [3.63, 3.8) is 0 Å². The van der Waals surface area contributed by atoms with E-state index in [-0.39, 0.29) is 6.54 Å². The molecule has 0 aliphatic heterocycles. The van der Waals surface area contributed by atoms with Gasteiger partial charge in [-0.15, -0.1) is 0 Å². The van der Waals surface area contributed by atoms with Crippen molar-refractivity contribution in [2.75, 3.05) is 6.54 Å². The van der Waals surface area contributed by atoms with Crippen LogP contribution in [0.3, 0.4) is 0 Å². The van der Waals surface area contributed by atoms with E-state index in [2.05, 4.69) is 21.2 Å². The summed E-state index contributed by atoms with van der Waals surface area (Å²) in [7, 11) is 0. The molecule has 0 saturated carbocycles. The number of halogens is 1. The van der Waals surface area contributed by atoms with Crippen molar-refractivity contribution in [3.05, 3.63) is 34.3 Å². The molecule has 0 heterocycles. The van der Waals surface area contributed by atoms with E-state index in [4.69, 9.17) is 4.74 Å². The zero-order valence-corrected chi connectivity index (χ0v) is 14.0. The second kappa shape index (κ2) is 6.59. The number of rotatable bonds is 4. The lowest BCUT2D eigenvalue weighted by atomic mass is 9.91. The number of alkyl carbamates (subject to hydrolysis) is 1. The summed E-state index contributed by atoms with van der Waals surface area (Å²) in [4.78, 5) is 11.7. The Hall–Kier alpha value is -1.07.